The van der Waals surface area contributed by atoms with E-state index >= 15 is 0 Å². The number of pyridine rings is 1. The van der Waals surface area contributed by atoms with E-state index in [0.29, 0.717) is 16.9 Å². The minimum Gasteiger partial charge on any atom is -0.348 e. The number of halogens is 1. The van der Waals surface area contributed by atoms with Crippen LogP contribution in [-0.4, -0.2) is 27.7 Å². The Bertz CT molecular complexity index is 850. The molecule has 0 amide bonds. The van der Waals surface area contributed by atoms with Gasteiger partial charge in [-0.05, 0) is 48.8 Å². The van der Waals surface area contributed by atoms with Gasteiger partial charge in [0.15, 0.2) is 5.11 Å². The van der Waals surface area contributed by atoms with Crippen LogP contribution in [-0.2, 0) is 6.54 Å². The highest BCUT2D eigenvalue weighted by Gasteiger charge is 2.35. The zero-order chi connectivity index (χ0) is 16.7. The largest absolute Gasteiger partial charge is 0.348 e. The van der Waals surface area contributed by atoms with Gasteiger partial charge in [0.05, 0.1) is 0 Å². The Labute approximate surface area is 151 Å². The van der Waals surface area contributed by atoms with Crippen molar-refractivity contribution in [2.75, 3.05) is 18.4 Å². The summed E-state index contributed by atoms with van der Waals surface area (Å²) in [7, 11) is 0. The minimum atomic E-state index is 0.107. The maximum absolute atomic E-state index is 12.1. The maximum atomic E-state index is 12.1. The number of fused-ring (bicyclic) bond motifs is 4. The van der Waals surface area contributed by atoms with E-state index in [-0.39, 0.29) is 5.56 Å². The number of anilines is 1. The van der Waals surface area contributed by atoms with E-state index in [2.05, 4.69) is 16.3 Å². The molecule has 2 atom stereocenters. The molecule has 4 nitrogen and oxygen atoms in total. The number of thiocarbonyl (C=S) groups is 1. The molecule has 1 aromatic heterocycles. The SMILES string of the molecule is O=c1cccc2n1C[C@H]1C[C@H]2CN(C(=S)Nc2cccc(Cl)c2)C1. The molecule has 2 aromatic rings. The summed E-state index contributed by atoms with van der Waals surface area (Å²) in [6, 6.07) is 13.1. The van der Waals surface area contributed by atoms with Crippen molar-refractivity contribution in [2.24, 2.45) is 5.92 Å². The van der Waals surface area contributed by atoms with Gasteiger partial charge in [0.1, 0.15) is 0 Å². The summed E-state index contributed by atoms with van der Waals surface area (Å²) in [5.74, 6) is 0.806. The lowest BCUT2D eigenvalue weighted by atomic mass is 9.83. The van der Waals surface area contributed by atoms with Gasteiger partial charge in [0.25, 0.3) is 5.56 Å². The zero-order valence-electron chi connectivity index (χ0n) is 13.1. The van der Waals surface area contributed by atoms with Crippen LogP contribution in [0.25, 0.3) is 0 Å². The summed E-state index contributed by atoms with van der Waals surface area (Å²) in [6.07, 6.45) is 1.12. The predicted molar refractivity (Wildman–Crippen MR) is 101 cm³/mol. The van der Waals surface area contributed by atoms with Crippen LogP contribution in [0, 0.1) is 5.92 Å². The Morgan fingerprint density at radius 1 is 1.17 bits per heavy atom. The highest BCUT2D eigenvalue weighted by Crippen LogP contribution is 2.35. The first-order valence-corrected chi connectivity index (χ1v) is 8.90. The van der Waals surface area contributed by atoms with Crippen molar-refractivity contribution >= 4 is 34.6 Å². The van der Waals surface area contributed by atoms with E-state index < -0.39 is 0 Å². The molecule has 0 spiro atoms. The van der Waals surface area contributed by atoms with Gasteiger partial charge in [0.2, 0.25) is 0 Å². The number of aromatic nitrogens is 1. The summed E-state index contributed by atoms with van der Waals surface area (Å²) in [5.41, 5.74) is 2.14. The number of piperidine rings is 1. The Morgan fingerprint density at radius 3 is 2.83 bits per heavy atom. The maximum Gasteiger partial charge on any atom is 0.250 e. The second kappa shape index (κ2) is 6.22. The number of likely N-dealkylation sites (tertiary alicyclic amines) is 1. The first kappa shape index (κ1) is 15.7. The van der Waals surface area contributed by atoms with Crippen molar-refractivity contribution in [3.63, 3.8) is 0 Å². The first-order valence-electron chi connectivity index (χ1n) is 8.11. The third-order valence-electron chi connectivity index (χ3n) is 4.84. The summed E-state index contributed by atoms with van der Waals surface area (Å²) < 4.78 is 1.93. The van der Waals surface area contributed by atoms with Gasteiger partial charge in [-0.25, -0.2) is 0 Å². The van der Waals surface area contributed by atoms with Gasteiger partial charge in [0, 0.05) is 48.0 Å². The highest BCUT2D eigenvalue weighted by molar-refractivity contribution is 7.80. The van der Waals surface area contributed by atoms with E-state index in [1.54, 1.807) is 6.07 Å². The first-order chi connectivity index (χ1) is 11.6. The van der Waals surface area contributed by atoms with E-state index in [1.165, 1.54) is 0 Å². The van der Waals surface area contributed by atoms with E-state index in [4.69, 9.17) is 23.8 Å². The van der Waals surface area contributed by atoms with E-state index in [9.17, 15) is 4.79 Å². The van der Waals surface area contributed by atoms with Crippen molar-refractivity contribution in [1.29, 1.82) is 0 Å². The Morgan fingerprint density at radius 2 is 2.00 bits per heavy atom. The van der Waals surface area contributed by atoms with Crippen LogP contribution in [0.15, 0.2) is 47.3 Å². The number of nitrogens with one attached hydrogen (secondary N) is 1. The Hall–Kier alpha value is -1.85. The Balaban J connectivity index is 1.53. The minimum absolute atomic E-state index is 0.107. The number of benzene rings is 1. The van der Waals surface area contributed by atoms with Crippen LogP contribution in [0.3, 0.4) is 0 Å². The quantitative estimate of drug-likeness (QED) is 0.792. The van der Waals surface area contributed by atoms with Gasteiger partial charge in [-0.1, -0.05) is 23.7 Å². The summed E-state index contributed by atoms with van der Waals surface area (Å²) in [5, 5.41) is 4.69. The topological polar surface area (TPSA) is 37.3 Å². The van der Waals surface area contributed by atoms with Crippen LogP contribution in [0.4, 0.5) is 5.69 Å². The molecule has 1 N–H and O–H groups in total. The normalized spacial score (nSPS) is 22.0. The van der Waals surface area contributed by atoms with Crippen LogP contribution < -0.4 is 10.9 Å². The van der Waals surface area contributed by atoms with Crippen LogP contribution in [0.1, 0.15) is 18.0 Å². The summed E-state index contributed by atoms with van der Waals surface area (Å²) >= 11 is 11.6. The van der Waals surface area contributed by atoms with Crippen molar-refractivity contribution in [2.45, 2.75) is 18.9 Å². The third kappa shape index (κ3) is 2.94. The monoisotopic (exact) mass is 359 g/mol. The molecular weight excluding hydrogens is 342 g/mol. The molecule has 2 bridgehead atoms. The van der Waals surface area contributed by atoms with Gasteiger partial charge in [-0.15, -0.1) is 0 Å². The van der Waals surface area contributed by atoms with Gasteiger partial charge in [-0.2, -0.15) is 0 Å². The smallest absolute Gasteiger partial charge is 0.250 e. The van der Waals surface area contributed by atoms with Gasteiger partial charge >= 0.3 is 0 Å². The number of hydrogen-bond acceptors (Lipinski definition) is 2. The molecule has 2 aliphatic heterocycles. The number of nitrogens with zero attached hydrogens (tertiary/aromatic N) is 2. The zero-order valence-corrected chi connectivity index (χ0v) is 14.7. The average Bonchev–Trinajstić information content (AvgIpc) is 2.56. The molecule has 0 unspecified atom stereocenters. The van der Waals surface area contributed by atoms with Crippen molar-refractivity contribution in [3.8, 4) is 0 Å². The van der Waals surface area contributed by atoms with Gasteiger partial charge in [-0.3, -0.25) is 4.79 Å². The summed E-state index contributed by atoms with van der Waals surface area (Å²) in [4.78, 5) is 14.3. The van der Waals surface area contributed by atoms with Crippen molar-refractivity contribution < 1.29 is 0 Å². The standard InChI is InChI=1S/C18H18ClN3OS/c19-14-3-1-4-15(8-14)20-18(24)21-9-12-7-13(11-21)16-5-2-6-17(23)22(16)10-12/h1-6,8,12-13H,7,9-11H2,(H,20,24)/t12-,13-/m0/s1. The molecule has 24 heavy (non-hydrogen) atoms. The van der Waals surface area contributed by atoms with Crippen LogP contribution >= 0.6 is 23.8 Å². The molecule has 0 radical (unpaired) electrons. The second-order valence-corrected chi connectivity index (χ2v) is 7.37. The third-order valence-corrected chi connectivity index (χ3v) is 5.44. The Kier molecular flexibility index (Phi) is 4.06. The molecule has 3 heterocycles. The fourth-order valence-corrected chi connectivity index (χ4v) is 4.29. The molecular formula is C18H18ClN3OS. The van der Waals surface area contributed by atoms with Crippen LogP contribution in [0.2, 0.25) is 5.02 Å². The molecule has 2 aliphatic rings. The molecule has 1 aromatic carbocycles. The number of rotatable bonds is 1. The van der Waals surface area contributed by atoms with Gasteiger partial charge < -0.3 is 14.8 Å². The molecule has 4 rings (SSSR count). The van der Waals surface area contributed by atoms with Crippen molar-refractivity contribution in [3.05, 3.63) is 63.5 Å². The molecule has 6 heteroatoms. The van der Waals surface area contributed by atoms with Crippen molar-refractivity contribution in [1.82, 2.24) is 9.47 Å². The van der Waals surface area contributed by atoms with E-state index in [0.717, 1.165) is 42.5 Å². The lowest BCUT2D eigenvalue weighted by Gasteiger charge is -2.43. The molecule has 1 fully saturated rings. The lowest BCUT2D eigenvalue weighted by Crippen LogP contribution is -2.50. The fourth-order valence-electron chi connectivity index (χ4n) is 3.83. The van der Waals surface area contributed by atoms with E-state index in [1.807, 2.05) is 34.9 Å². The fraction of sp³-hybridized carbons (Fsp3) is 0.333. The molecule has 0 aliphatic carbocycles. The predicted octanol–water partition coefficient (Wildman–Crippen LogP) is 3.32. The lowest BCUT2D eigenvalue weighted by molar-refractivity contribution is 0.180. The number of hydrogen-bond donors (Lipinski definition) is 1. The highest BCUT2D eigenvalue weighted by atomic mass is 35.5. The second-order valence-electron chi connectivity index (χ2n) is 6.54. The molecule has 124 valence electrons. The summed E-state index contributed by atoms with van der Waals surface area (Å²) in [6.45, 7) is 2.50. The van der Waals surface area contributed by atoms with Crippen LogP contribution in [0.5, 0.6) is 0 Å². The molecule has 1 saturated heterocycles. The average molecular weight is 360 g/mol. The molecule has 0 saturated carbocycles.